The second-order valence-electron chi connectivity index (χ2n) is 7.11. The molecule has 0 spiro atoms. The monoisotopic (exact) mass is 438 g/mol. The summed E-state index contributed by atoms with van der Waals surface area (Å²) in [5, 5.41) is 15.0. The van der Waals surface area contributed by atoms with Crippen molar-refractivity contribution in [3.05, 3.63) is 59.0 Å². The number of alkyl halides is 3. The number of aromatic nitrogens is 1. The molecule has 1 aliphatic rings. The lowest BCUT2D eigenvalue weighted by atomic mass is 10.2. The van der Waals surface area contributed by atoms with Gasteiger partial charge >= 0.3 is 6.18 Å². The lowest BCUT2D eigenvalue weighted by molar-refractivity contribution is -0.141. The average Bonchev–Trinajstić information content (AvgIpc) is 3.16. The zero-order chi connectivity index (χ0) is 22.6. The Morgan fingerprint density at radius 3 is 2.71 bits per heavy atom. The van der Waals surface area contributed by atoms with Gasteiger partial charge in [-0.2, -0.15) is 13.2 Å². The molecule has 1 amide bonds. The van der Waals surface area contributed by atoms with Crippen LogP contribution in [0.4, 0.5) is 29.1 Å². The van der Waals surface area contributed by atoms with Crippen molar-refractivity contribution in [3.8, 4) is 0 Å². The molecular weight excluding hydrogens is 416 g/mol. The van der Waals surface area contributed by atoms with Crippen LogP contribution in [0, 0.1) is 5.82 Å². The van der Waals surface area contributed by atoms with E-state index in [4.69, 9.17) is 0 Å². The third-order valence-corrected chi connectivity index (χ3v) is 4.84. The van der Waals surface area contributed by atoms with Gasteiger partial charge in [-0.15, -0.1) is 0 Å². The lowest BCUT2D eigenvalue weighted by Gasteiger charge is -2.20. The molecule has 1 saturated heterocycles. The summed E-state index contributed by atoms with van der Waals surface area (Å²) in [6.45, 7) is 0.604. The number of nitrogens with zero attached hydrogens (tertiary/aromatic N) is 2. The summed E-state index contributed by atoms with van der Waals surface area (Å²) in [4.78, 5) is 17.4. The molecular formula is C21H22F4N4O2. The number of halogens is 4. The number of anilines is 2. The van der Waals surface area contributed by atoms with Gasteiger partial charge in [-0.1, -0.05) is 6.07 Å². The van der Waals surface area contributed by atoms with Crippen LogP contribution in [-0.4, -0.2) is 42.2 Å². The molecule has 1 fully saturated rings. The van der Waals surface area contributed by atoms with Crippen LogP contribution in [0.1, 0.15) is 23.2 Å². The predicted molar refractivity (Wildman–Crippen MR) is 109 cm³/mol. The fourth-order valence-corrected chi connectivity index (χ4v) is 3.22. The van der Waals surface area contributed by atoms with Gasteiger partial charge in [-0.3, -0.25) is 4.79 Å². The molecule has 1 aliphatic heterocycles. The van der Waals surface area contributed by atoms with Gasteiger partial charge in [0.15, 0.2) is 0 Å². The fraction of sp³-hybridized carbons (Fsp3) is 0.333. The number of β-amino-alcohol motifs (C(OH)–C–C–N with tert-alkyl or cyclic N) is 1. The summed E-state index contributed by atoms with van der Waals surface area (Å²) in [5.74, 6) is -0.886. The second kappa shape index (κ2) is 9.34. The number of carbonyl (C=O) groups is 1. The summed E-state index contributed by atoms with van der Waals surface area (Å²) in [6, 6.07) is 6.60. The topological polar surface area (TPSA) is 77.5 Å². The molecule has 0 bridgehead atoms. The first-order chi connectivity index (χ1) is 14.7. The van der Waals surface area contributed by atoms with E-state index in [9.17, 15) is 27.5 Å². The van der Waals surface area contributed by atoms with Crippen molar-refractivity contribution in [1.29, 1.82) is 0 Å². The zero-order valence-corrected chi connectivity index (χ0v) is 16.7. The fourth-order valence-electron chi connectivity index (χ4n) is 3.22. The number of nitrogens with one attached hydrogen (secondary N) is 2. The van der Waals surface area contributed by atoms with Crippen LogP contribution in [0.5, 0.6) is 0 Å². The number of amides is 1. The Kier molecular flexibility index (Phi) is 6.79. The number of aliphatic hydroxyl groups is 1. The predicted octanol–water partition coefficient (Wildman–Crippen LogP) is 3.18. The Bertz CT molecular complexity index is 978. The van der Waals surface area contributed by atoms with Gasteiger partial charge in [0.25, 0.3) is 0 Å². The highest BCUT2D eigenvalue weighted by atomic mass is 19.4. The Morgan fingerprint density at radius 2 is 2.10 bits per heavy atom. The minimum atomic E-state index is -4.61. The molecule has 1 aromatic heterocycles. The quantitative estimate of drug-likeness (QED) is 0.477. The van der Waals surface area contributed by atoms with Crippen molar-refractivity contribution in [2.24, 2.45) is 0 Å². The van der Waals surface area contributed by atoms with E-state index in [0.29, 0.717) is 29.8 Å². The molecule has 1 unspecified atom stereocenters. The number of aliphatic hydroxyl groups excluding tert-OH is 1. The second-order valence-corrected chi connectivity index (χ2v) is 7.11. The molecule has 6 nitrogen and oxygen atoms in total. The van der Waals surface area contributed by atoms with E-state index in [1.807, 2.05) is 0 Å². The summed E-state index contributed by atoms with van der Waals surface area (Å²) >= 11 is 0. The van der Waals surface area contributed by atoms with Gasteiger partial charge in [-0.25, -0.2) is 9.37 Å². The van der Waals surface area contributed by atoms with E-state index in [1.165, 1.54) is 24.3 Å². The van der Waals surface area contributed by atoms with Gasteiger partial charge in [0, 0.05) is 38.3 Å². The van der Waals surface area contributed by atoms with Crippen LogP contribution in [0.25, 0.3) is 6.08 Å². The SMILES string of the molecule is CNc1ccc(CNC(=O)/C=C/c2ccc(C(F)(F)F)nc2N2CCC(O)C2)cc1F. The van der Waals surface area contributed by atoms with Crippen molar-refractivity contribution in [2.75, 3.05) is 30.4 Å². The number of benzene rings is 1. The van der Waals surface area contributed by atoms with Crippen molar-refractivity contribution in [1.82, 2.24) is 10.3 Å². The first kappa shape index (κ1) is 22.5. The van der Waals surface area contributed by atoms with Gasteiger partial charge in [0.05, 0.1) is 11.8 Å². The van der Waals surface area contributed by atoms with Crippen LogP contribution in [0.15, 0.2) is 36.4 Å². The molecule has 2 heterocycles. The maximum atomic E-state index is 13.8. The van der Waals surface area contributed by atoms with Gasteiger partial charge < -0.3 is 20.6 Å². The number of hydrogen-bond donors (Lipinski definition) is 3. The Hall–Kier alpha value is -3.14. The molecule has 0 radical (unpaired) electrons. The van der Waals surface area contributed by atoms with Crippen molar-refractivity contribution in [3.63, 3.8) is 0 Å². The highest BCUT2D eigenvalue weighted by Crippen LogP contribution is 2.32. The van der Waals surface area contributed by atoms with E-state index >= 15 is 0 Å². The molecule has 10 heteroatoms. The van der Waals surface area contributed by atoms with Crippen LogP contribution >= 0.6 is 0 Å². The maximum absolute atomic E-state index is 13.8. The normalized spacial score (nSPS) is 16.7. The Balaban J connectivity index is 1.73. The number of hydrogen-bond acceptors (Lipinski definition) is 5. The first-order valence-corrected chi connectivity index (χ1v) is 9.60. The molecule has 1 aromatic carbocycles. The van der Waals surface area contributed by atoms with E-state index in [2.05, 4.69) is 15.6 Å². The van der Waals surface area contributed by atoms with Gasteiger partial charge in [0.1, 0.15) is 17.3 Å². The first-order valence-electron chi connectivity index (χ1n) is 9.60. The van der Waals surface area contributed by atoms with Crippen molar-refractivity contribution in [2.45, 2.75) is 25.2 Å². The average molecular weight is 438 g/mol. The third-order valence-electron chi connectivity index (χ3n) is 4.84. The van der Waals surface area contributed by atoms with Crippen LogP contribution in [0.3, 0.4) is 0 Å². The zero-order valence-electron chi connectivity index (χ0n) is 16.7. The van der Waals surface area contributed by atoms with Crippen LogP contribution in [0.2, 0.25) is 0 Å². The van der Waals surface area contributed by atoms with Gasteiger partial charge in [-0.05, 0) is 42.3 Å². The molecule has 31 heavy (non-hydrogen) atoms. The van der Waals surface area contributed by atoms with E-state index < -0.39 is 29.7 Å². The minimum Gasteiger partial charge on any atom is -0.391 e. The molecule has 1 atom stereocenters. The minimum absolute atomic E-state index is 0.0557. The van der Waals surface area contributed by atoms with Crippen molar-refractivity contribution >= 4 is 23.5 Å². The van der Waals surface area contributed by atoms with Crippen LogP contribution < -0.4 is 15.5 Å². The Morgan fingerprint density at radius 1 is 1.32 bits per heavy atom. The number of rotatable bonds is 6. The highest BCUT2D eigenvalue weighted by Gasteiger charge is 2.34. The summed E-state index contributed by atoms with van der Waals surface area (Å²) in [7, 11) is 1.60. The number of carbonyl (C=O) groups excluding carboxylic acids is 1. The van der Waals surface area contributed by atoms with E-state index in [-0.39, 0.29) is 18.9 Å². The van der Waals surface area contributed by atoms with E-state index in [0.717, 1.165) is 6.07 Å². The number of pyridine rings is 1. The van der Waals surface area contributed by atoms with Gasteiger partial charge in [0.2, 0.25) is 5.91 Å². The third kappa shape index (κ3) is 5.72. The van der Waals surface area contributed by atoms with Crippen LogP contribution in [-0.2, 0) is 17.5 Å². The summed E-state index contributed by atoms with van der Waals surface area (Å²) in [5.41, 5.74) is 0.171. The molecule has 0 saturated carbocycles. The molecule has 3 rings (SSSR count). The largest absolute Gasteiger partial charge is 0.433 e. The standard InChI is InChI=1S/C21H22F4N4O2/c1-26-17-5-2-13(10-16(17)22)11-27-19(31)7-4-14-3-6-18(21(23,24)25)28-20(14)29-9-8-15(30)12-29/h2-7,10,15,26,30H,8-9,11-12H2,1H3,(H,27,31)/b7-4+. The molecule has 2 aromatic rings. The summed E-state index contributed by atoms with van der Waals surface area (Å²) in [6.07, 6.45) is -2.28. The van der Waals surface area contributed by atoms with E-state index in [1.54, 1.807) is 24.1 Å². The summed E-state index contributed by atoms with van der Waals surface area (Å²) < 4.78 is 53.0. The lowest BCUT2D eigenvalue weighted by Crippen LogP contribution is -2.24. The molecule has 166 valence electrons. The maximum Gasteiger partial charge on any atom is 0.433 e. The van der Waals surface area contributed by atoms with Crippen molar-refractivity contribution < 1.29 is 27.5 Å². The molecule has 0 aliphatic carbocycles. The molecule has 3 N–H and O–H groups in total. The highest BCUT2D eigenvalue weighted by molar-refractivity contribution is 5.92. The smallest absolute Gasteiger partial charge is 0.391 e. The Labute approximate surface area is 176 Å².